The van der Waals surface area contributed by atoms with Gasteiger partial charge in [0, 0.05) is 16.5 Å². The highest BCUT2D eigenvalue weighted by Crippen LogP contribution is 2.32. The van der Waals surface area contributed by atoms with Crippen molar-refractivity contribution < 1.29 is 15.0 Å². The average molecular weight is 291 g/mol. The van der Waals surface area contributed by atoms with Gasteiger partial charge in [-0.1, -0.05) is 30.1 Å². The minimum Gasteiger partial charge on any atom is -0.481 e. The summed E-state index contributed by atoms with van der Waals surface area (Å²) in [5.41, 5.74) is 1.49. The van der Waals surface area contributed by atoms with Gasteiger partial charge in [-0.15, -0.1) is 0 Å². The van der Waals surface area contributed by atoms with E-state index < -0.39 is 5.97 Å². The van der Waals surface area contributed by atoms with Crippen LogP contribution < -0.4 is 0 Å². The van der Waals surface area contributed by atoms with Crippen LogP contribution >= 0.6 is 23.2 Å². The predicted molar refractivity (Wildman–Crippen MR) is 72.3 cm³/mol. The van der Waals surface area contributed by atoms with Crippen LogP contribution in [0.5, 0.6) is 0 Å². The van der Waals surface area contributed by atoms with Gasteiger partial charge in [0.2, 0.25) is 0 Å². The minimum atomic E-state index is -0.790. The van der Waals surface area contributed by atoms with Crippen LogP contribution in [0.4, 0.5) is 0 Å². The monoisotopic (exact) mass is 290 g/mol. The topological polar surface area (TPSA) is 57.5 Å². The molecule has 0 aliphatic heterocycles. The fraction of sp³-hybridized carbons (Fsp3) is 0.462. The first-order valence-electron chi connectivity index (χ1n) is 5.76. The van der Waals surface area contributed by atoms with Gasteiger partial charge in [0.1, 0.15) is 0 Å². The maximum atomic E-state index is 10.4. The second-order valence-electron chi connectivity index (χ2n) is 4.31. The van der Waals surface area contributed by atoms with E-state index in [1.54, 1.807) is 12.1 Å². The molecule has 0 aliphatic carbocycles. The molecule has 1 rings (SSSR count). The largest absolute Gasteiger partial charge is 0.481 e. The molecule has 0 saturated carbocycles. The lowest BCUT2D eigenvalue weighted by atomic mass is 9.94. The molecule has 1 aromatic rings. The van der Waals surface area contributed by atoms with Crippen LogP contribution in [0.15, 0.2) is 12.1 Å². The van der Waals surface area contributed by atoms with Gasteiger partial charge < -0.3 is 10.2 Å². The highest BCUT2D eigenvalue weighted by Gasteiger charge is 2.13. The Morgan fingerprint density at radius 3 is 2.56 bits per heavy atom. The zero-order chi connectivity index (χ0) is 13.7. The maximum absolute atomic E-state index is 10.4. The van der Waals surface area contributed by atoms with Gasteiger partial charge in [0.25, 0.3) is 0 Å². The predicted octanol–water partition coefficient (Wildman–Crippen LogP) is 3.84. The first-order chi connectivity index (χ1) is 8.45. The van der Waals surface area contributed by atoms with E-state index in [1.165, 1.54) is 0 Å². The fourth-order valence-corrected chi connectivity index (χ4v) is 2.42. The quantitative estimate of drug-likeness (QED) is 0.837. The van der Waals surface area contributed by atoms with E-state index in [9.17, 15) is 4.79 Å². The Hall–Kier alpha value is -0.770. The molecule has 0 spiro atoms. The Morgan fingerprint density at radius 2 is 2.00 bits per heavy atom. The fourth-order valence-electron chi connectivity index (χ4n) is 1.82. The molecular weight excluding hydrogens is 275 g/mol. The number of carbonyl (C=O) groups is 1. The Balaban J connectivity index is 2.76. The van der Waals surface area contributed by atoms with Crippen LogP contribution in [-0.4, -0.2) is 16.2 Å². The molecule has 0 bridgehead atoms. The number of benzene rings is 1. The van der Waals surface area contributed by atoms with Crippen molar-refractivity contribution in [2.45, 2.75) is 38.7 Å². The van der Waals surface area contributed by atoms with Crippen LogP contribution in [0.3, 0.4) is 0 Å². The summed E-state index contributed by atoms with van der Waals surface area (Å²) in [7, 11) is 0. The zero-order valence-electron chi connectivity index (χ0n) is 10.1. The molecule has 5 heteroatoms. The number of halogens is 2. The van der Waals surface area contributed by atoms with Crippen molar-refractivity contribution in [3.05, 3.63) is 33.3 Å². The zero-order valence-corrected chi connectivity index (χ0v) is 11.6. The van der Waals surface area contributed by atoms with Gasteiger partial charge in [-0.2, -0.15) is 0 Å². The summed E-state index contributed by atoms with van der Waals surface area (Å²) in [5.74, 6) is -0.649. The molecule has 1 unspecified atom stereocenters. The van der Waals surface area contributed by atoms with Crippen molar-refractivity contribution in [3.63, 3.8) is 0 Å². The standard InChI is InChI=1S/C13H16Cl2O3/c1-8(3-2-4-13(17)18)10-6-11(14)9(7-16)5-12(10)15/h5-6,8,16H,2-4,7H2,1H3,(H,17,18). The molecule has 0 saturated heterocycles. The van der Waals surface area contributed by atoms with Crippen LogP contribution in [-0.2, 0) is 11.4 Å². The summed E-state index contributed by atoms with van der Waals surface area (Å²) in [6.07, 6.45) is 1.50. The summed E-state index contributed by atoms with van der Waals surface area (Å²) >= 11 is 12.1. The molecule has 1 atom stereocenters. The Morgan fingerprint density at radius 1 is 1.33 bits per heavy atom. The Bertz CT molecular complexity index is 432. The molecule has 1 aromatic carbocycles. The van der Waals surface area contributed by atoms with Crippen LogP contribution in [0.25, 0.3) is 0 Å². The van der Waals surface area contributed by atoms with Crippen LogP contribution in [0.2, 0.25) is 10.0 Å². The van der Waals surface area contributed by atoms with Gasteiger partial charge in [-0.25, -0.2) is 0 Å². The number of hydrogen-bond acceptors (Lipinski definition) is 2. The summed E-state index contributed by atoms with van der Waals surface area (Å²) in [6.45, 7) is 1.84. The highest BCUT2D eigenvalue weighted by atomic mass is 35.5. The number of carboxylic acid groups (broad SMARTS) is 1. The van der Waals surface area contributed by atoms with Crippen LogP contribution in [0, 0.1) is 0 Å². The molecule has 0 radical (unpaired) electrons. The molecule has 2 N–H and O–H groups in total. The van der Waals surface area contributed by atoms with Crippen molar-refractivity contribution in [1.29, 1.82) is 0 Å². The number of aliphatic hydroxyl groups is 1. The van der Waals surface area contributed by atoms with E-state index in [4.69, 9.17) is 33.4 Å². The van der Waals surface area contributed by atoms with E-state index in [1.807, 2.05) is 6.92 Å². The maximum Gasteiger partial charge on any atom is 0.303 e. The first-order valence-corrected chi connectivity index (χ1v) is 6.51. The van der Waals surface area contributed by atoms with Crippen molar-refractivity contribution in [1.82, 2.24) is 0 Å². The number of hydrogen-bond donors (Lipinski definition) is 2. The normalized spacial score (nSPS) is 12.4. The van der Waals surface area contributed by atoms with E-state index >= 15 is 0 Å². The molecule has 0 aliphatic rings. The summed E-state index contributed by atoms with van der Waals surface area (Å²) < 4.78 is 0. The van der Waals surface area contributed by atoms with Crippen LogP contribution in [0.1, 0.15) is 43.2 Å². The van der Waals surface area contributed by atoms with Crippen molar-refractivity contribution in [2.75, 3.05) is 0 Å². The Labute approximate surface area is 116 Å². The van der Waals surface area contributed by atoms with E-state index in [-0.39, 0.29) is 18.9 Å². The summed E-state index contributed by atoms with van der Waals surface area (Å²) in [4.78, 5) is 10.4. The van der Waals surface area contributed by atoms with Crippen molar-refractivity contribution >= 4 is 29.2 Å². The lowest BCUT2D eigenvalue weighted by Crippen LogP contribution is -2.00. The third-order valence-electron chi connectivity index (χ3n) is 2.89. The number of carboxylic acids is 1. The minimum absolute atomic E-state index is 0.141. The van der Waals surface area contributed by atoms with Gasteiger partial charge in [0.15, 0.2) is 0 Å². The number of rotatable bonds is 6. The van der Waals surface area contributed by atoms with Gasteiger partial charge in [0.05, 0.1) is 6.61 Å². The van der Waals surface area contributed by atoms with Crippen molar-refractivity contribution in [2.24, 2.45) is 0 Å². The Kier molecular flexibility index (Phi) is 5.93. The van der Waals surface area contributed by atoms with E-state index in [2.05, 4.69) is 0 Å². The summed E-state index contributed by atoms with van der Waals surface area (Å²) in [6, 6.07) is 3.41. The third-order valence-corrected chi connectivity index (χ3v) is 3.57. The molecule has 18 heavy (non-hydrogen) atoms. The highest BCUT2D eigenvalue weighted by molar-refractivity contribution is 6.34. The second-order valence-corrected chi connectivity index (χ2v) is 5.12. The molecule has 0 amide bonds. The molecule has 100 valence electrons. The van der Waals surface area contributed by atoms with Crippen molar-refractivity contribution in [3.8, 4) is 0 Å². The lowest BCUT2D eigenvalue weighted by Gasteiger charge is -2.15. The SMILES string of the molecule is CC(CCCC(=O)O)c1cc(Cl)c(CO)cc1Cl. The summed E-state index contributed by atoms with van der Waals surface area (Å²) in [5, 5.41) is 18.7. The van der Waals surface area contributed by atoms with E-state index in [0.717, 1.165) is 12.0 Å². The smallest absolute Gasteiger partial charge is 0.303 e. The third kappa shape index (κ3) is 4.16. The number of aliphatic carboxylic acids is 1. The average Bonchev–Trinajstić information content (AvgIpc) is 2.30. The lowest BCUT2D eigenvalue weighted by molar-refractivity contribution is -0.137. The van der Waals surface area contributed by atoms with Gasteiger partial charge in [-0.05, 0) is 42.0 Å². The van der Waals surface area contributed by atoms with Gasteiger partial charge >= 0.3 is 5.97 Å². The molecular formula is C13H16Cl2O3. The molecule has 3 nitrogen and oxygen atoms in total. The first kappa shape index (κ1) is 15.3. The van der Waals surface area contributed by atoms with Gasteiger partial charge in [-0.3, -0.25) is 4.79 Å². The second kappa shape index (κ2) is 6.98. The number of aliphatic hydroxyl groups excluding tert-OH is 1. The molecule has 0 fully saturated rings. The molecule has 0 heterocycles. The molecule has 0 aromatic heterocycles. The van der Waals surface area contributed by atoms with E-state index in [0.29, 0.717) is 22.0 Å².